The smallest absolute Gasteiger partial charge is 0.0492 e. The molecule has 0 amide bonds. The molecule has 0 aliphatic rings. The third-order valence-corrected chi connectivity index (χ3v) is 3.64. The molecule has 1 heterocycles. The Morgan fingerprint density at radius 1 is 1.40 bits per heavy atom. The lowest BCUT2D eigenvalue weighted by Gasteiger charge is -2.07. The zero-order valence-corrected chi connectivity index (χ0v) is 11.3. The van der Waals surface area contributed by atoms with Gasteiger partial charge in [0.1, 0.15) is 0 Å². The van der Waals surface area contributed by atoms with E-state index in [4.69, 9.17) is 0 Å². The molecule has 0 aromatic carbocycles. The molecule has 1 aromatic heterocycles. The number of alkyl halides is 1. The molecular formula is C12H21BrN2. The van der Waals surface area contributed by atoms with Crippen molar-refractivity contribution in [3.63, 3.8) is 0 Å². The zero-order valence-electron chi connectivity index (χ0n) is 9.75. The fourth-order valence-corrected chi connectivity index (χ4v) is 2.56. The first-order chi connectivity index (χ1) is 7.24. The molecule has 0 radical (unpaired) electrons. The Hall–Kier alpha value is -0.310. The Kier molecular flexibility index (Phi) is 5.99. The summed E-state index contributed by atoms with van der Waals surface area (Å²) in [5.74, 6) is 0. The summed E-state index contributed by atoms with van der Waals surface area (Å²) in [5.41, 5.74) is 1.34. The van der Waals surface area contributed by atoms with Gasteiger partial charge in [-0.3, -0.25) is 4.68 Å². The van der Waals surface area contributed by atoms with Crippen LogP contribution in [0.3, 0.4) is 0 Å². The monoisotopic (exact) mass is 272 g/mol. The van der Waals surface area contributed by atoms with Gasteiger partial charge >= 0.3 is 0 Å². The maximum absolute atomic E-state index is 4.17. The van der Waals surface area contributed by atoms with Crippen molar-refractivity contribution in [2.45, 2.75) is 50.3 Å². The van der Waals surface area contributed by atoms with Crippen LogP contribution in [0.25, 0.3) is 0 Å². The van der Waals surface area contributed by atoms with Crippen LogP contribution in [-0.2, 0) is 13.5 Å². The number of hydrogen-bond acceptors (Lipinski definition) is 1. The summed E-state index contributed by atoms with van der Waals surface area (Å²) in [6.07, 6.45) is 9.48. The van der Waals surface area contributed by atoms with Crippen LogP contribution in [0.15, 0.2) is 12.3 Å². The number of aromatic nitrogens is 2. The van der Waals surface area contributed by atoms with Gasteiger partial charge in [-0.05, 0) is 31.7 Å². The van der Waals surface area contributed by atoms with Gasteiger partial charge in [0.2, 0.25) is 0 Å². The number of hydrogen-bond donors (Lipinski definition) is 0. The van der Waals surface area contributed by atoms with Gasteiger partial charge in [-0.2, -0.15) is 5.10 Å². The SMILES string of the molecule is CCCC(Br)CCCCc1ccnn1C. The van der Waals surface area contributed by atoms with Gasteiger partial charge in [0.15, 0.2) is 0 Å². The van der Waals surface area contributed by atoms with Crippen LogP contribution in [-0.4, -0.2) is 14.6 Å². The molecule has 0 saturated heterocycles. The van der Waals surface area contributed by atoms with Crippen LogP contribution in [0.2, 0.25) is 0 Å². The van der Waals surface area contributed by atoms with Gasteiger partial charge < -0.3 is 0 Å². The van der Waals surface area contributed by atoms with Crippen molar-refractivity contribution in [2.24, 2.45) is 7.05 Å². The van der Waals surface area contributed by atoms with Gasteiger partial charge in [-0.25, -0.2) is 0 Å². The second-order valence-electron chi connectivity index (χ2n) is 4.08. The second-order valence-corrected chi connectivity index (χ2v) is 5.37. The molecule has 1 rings (SSSR count). The molecule has 0 fully saturated rings. The van der Waals surface area contributed by atoms with E-state index in [1.807, 2.05) is 17.9 Å². The van der Waals surface area contributed by atoms with Crippen LogP contribution in [0.4, 0.5) is 0 Å². The summed E-state index contributed by atoms with van der Waals surface area (Å²) in [7, 11) is 2.01. The molecule has 1 aromatic rings. The highest BCUT2D eigenvalue weighted by atomic mass is 79.9. The van der Waals surface area contributed by atoms with Crippen molar-refractivity contribution >= 4 is 15.9 Å². The van der Waals surface area contributed by atoms with E-state index < -0.39 is 0 Å². The summed E-state index contributed by atoms with van der Waals surface area (Å²) in [6.45, 7) is 2.24. The molecule has 1 unspecified atom stereocenters. The predicted molar refractivity (Wildman–Crippen MR) is 68.4 cm³/mol. The van der Waals surface area contributed by atoms with Gasteiger partial charge in [-0.1, -0.05) is 35.7 Å². The Morgan fingerprint density at radius 3 is 2.80 bits per heavy atom. The second kappa shape index (κ2) is 7.04. The summed E-state index contributed by atoms with van der Waals surface area (Å²) in [6, 6.07) is 2.11. The third kappa shape index (κ3) is 4.83. The van der Waals surface area contributed by atoms with E-state index in [0.29, 0.717) is 4.83 Å². The molecule has 2 nitrogen and oxygen atoms in total. The van der Waals surface area contributed by atoms with Crippen molar-refractivity contribution in [1.82, 2.24) is 9.78 Å². The lowest BCUT2D eigenvalue weighted by molar-refractivity contribution is 0.607. The van der Waals surface area contributed by atoms with Crippen molar-refractivity contribution in [3.05, 3.63) is 18.0 Å². The number of halogens is 1. The highest BCUT2D eigenvalue weighted by Gasteiger charge is 2.03. The first kappa shape index (κ1) is 12.8. The van der Waals surface area contributed by atoms with E-state index in [1.165, 1.54) is 37.8 Å². The van der Waals surface area contributed by atoms with E-state index in [9.17, 15) is 0 Å². The molecule has 0 aliphatic heterocycles. The van der Waals surface area contributed by atoms with Crippen LogP contribution in [0.1, 0.15) is 44.7 Å². The summed E-state index contributed by atoms with van der Waals surface area (Å²) >= 11 is 3.71. The van der Waals surface area contributed by atoms with E-state index >= 15 is 0 Å². The maximum Gasteiger partial charge on any atom is 0.0492 e. The largest absolute Gasteiger partial charge is 0.273 e. The lowest BCUT2D eigenvalue weighted by atomic mass is 10.1. The van der Waals surface area contributed by atoms with Gasteiger partial charge in [0.05, 0.1) is 0 Å². The molecule has 0 bridgehead atoms. The summed E-state index contributed by atoms with van der Waals surface area (Å²) in [5, 5.41) is 4.17. The average Bonchev–Trinajstić information content (AvgIpc) is 2.60. The minimum absolute atomic E-state index is 0.717. The summed E-state index contributed by atoms with van der Waals surface area (Å²) in [4.78, 5) is 0.717. The van der Waals surface area contributed by atoms with E-state index in [2.05, 4.69) is 34.0 Å². The highest BCUT2D eigenvalue weighted by Crippen LogP contribution is 2.16. The van der Waals surface area contributed by atoms with Gasteiger partial charge in [-0.15, -0.1) is 0 Å². The Balaban J connectivity index is 2.09. The molecular weight excluding hydrogens is 252 g/mol. The van der Waals surface area contributed by atoms with Crippen molar-refractivity contribution < 1.29 is 0 Å². The number of nitrogens with zero attached hydrogens (tertiary/aromatic N) is 2. The summed E-state index contributed by atoms with van der Waals surface area (Å²) < 4.78 is 1.97. The number of unbranched alkanes of at least 4 members (excludes halogenated alkanes) is 1. The molecule has 0 N–H and O–H groups in total. The highest BCUT2D eigenvalue weighted by molar-refractivity contribution is 9.09. The van der Waals surface area contributed by atoms with Crippen molar-refractivity contribution in [2.75, 3.05) is 0 Å². The van der Waals surface area contributed by atoms with E-state index in [0.717, 1.165) is 6.42 Å². The maximum atomic E-state index is 4.17. The molecule has 15 heavy (non-hydrogen) atoms. The minimum Gasteiger partial charge on any atom is -0.273 e. The molecule has 0 spiro atoms. The van der Waals surface area contributed by atoms with E-state index in [-0.39, 0.29) is 0 Å². The quantitative estimate of drug-likeness (QED) is 0.547. The normalized spacial score (nSPS) is 13.0. The van der Waals surface area contributed by atoms with Crippen molar-refractivity contribution in [1.29, 1.82) is 0 Å². The average molecular weight is 273 g/mol. The Bertz CT molecular complexity index is 270. The minimum atomic E-state index is 0.717. The molecule has 0 saturated carbocycles. The van der Waals surface area contributed by atoms with Crippen LogP contribution in [0.5, 0.6) is 0 Å². The number of rotatable bonds is 7. The standard InChI is InChI=1S/C12H21BrN2/c1-3-6-11(13)7-4-5-8-12-9-10-14-15(12)2/h9-11H,3-8H2,1-2H3. The molecule has 3 heteroatoms. The Morgan fingerprint density at radius 2 is 2.20 bits per heavy atom. The van der Waals surface area contributed by atoms with Gasteiger partial charge in [0, 0.05) is 23.8 Å². The van der Waals surface area contributed by atoms with Crippen LogP contribution in [0, 0.1) is 0 Å². The topological polar surface area (TPSA) is 17.8 Å². The first-order valence-electron chi connectivity index (χ1n) is 5.85. The van der Waals surface area contributed by atoms with Gasteiger partial charge in [0.25, 0.3) is 0 Å². The molecule has 0 aliphatic carbocycles. The number of aryl methyl sites for hydroxylation is 2. The zero-order chi connectivity index (χ0) is 11.1. The third-order valence-electron chi connectivity index (χ3n) is 2.72. The fourth-order valence-electron chi connectivity index (χ4n) is 1.78. The molecule has 1 atom stereocenters. The predicted octanol–water partition coefficient (Wildman–Crippen LogP) is 3.70. The molecule has 86 valence electrons. The lowest BCUT2D eigenvalue weighted by Crippen LogP contribution is -2.00. The Labute approximate surface area is 101 Å². The van der Waals surface area contributed by atoms with E-state index in [1.54, 1.807) is 0 Å². The van der Waals surface area contributed by atoms with Crippen molar-refractivity contribution in [3.8, 4) is 0 Å². The van der Waals surface area contributed by atoms with Crippen LogP contribution < -0.4 is 0 Å². The van der Waals surface area contributed by atoms with Crippen LogP contribution >= 0.6 is 15.9 Å². The fraction of sp³-hybridized carbons (Fsp3) is 0.750. The first-order valence-corrected chi connectivity index (χ1v) is 6.76.